The Hall–Kier alpha value is -1.79. The van der Waals surface area contributed by atoms with Crippen LogP contribution < -0.4 is 15.2 Å². The van der Waals surface area contributed by atoms with Gasteiger partial charge in [-0.2, -0.15) is 0 Å². The Morgan fingerprint density at radius 2 is 2.24 bits per heavy atom. The van der Waals surface area contributed by atoms with Crippen LogP contribution in [0.15, 0.2) is 18.2 Å². The van der Waals surface area contributed by atoms with Gasteiger partial charge in [-0.25, -0.2) is 4.98 Å². The molecule has 5 nitrogen and oxygen atoms in total. The van der Waals surface area contributed by atoms with E-state index in [0.29, 0.717) is 29.0 Å². The van der Waals surface area contributed by atoms with Gasteiger partial charge in [0.25, 0.3) is 0 Å². The lowest BCUT2D eigenvalue weighted by Crippen LogP contribution is -2.21. The molecule has 1 aromatic heterocycles. The van der Waals surface area contributed by atoms with Crippen LogP contribution >= 0.6 is 22.9 Å². The molecule has 0 bridgehead atoms. The van der Waals surface area contributed by atoms with Crippen LogP contribution in [-0.4, -0.2) is 24.1 Å². The van der Waals surface area contributed by atoms with E-state index < -0.39 is 5.97 Å². The molecule has 1 heterocycles. The molecule has 0 spiro atoms. The van der Waals surface area contributed by atoms with E-state index in [4.69, 9.17) is 16.3 Å². The zero-order valence-electron chi connectivity index (χ0n) is 11.6. The van der Waals surface area contributed by atoms with E-state index in [1.165, 1.54) is 0 Å². The minimum absolute atomic E-state index is 0.145. The van der Waals surface area contributed by atoms with E-state index in [2.05, 4.69) is 10.3 Å². The number of aryl methyl sites for hydroxylation is 2. The molecule has 0 aliphatic rings. The third-order valence-corrected chi connectivity index (χ3v) is 4.09. The largest absolute Gasteiger partial charge is 0.544 e. The number of hydrogen-bond donors (Lipinski definition) is 1. The summed E-state index contributed by atoms with van der Waals surface area (Å²) in [5, 5.41) is 15.1. The Bertz CT molecular complexity index is 658. The minimum atomic E-state index is -1.20. The van der Waals surface area contributed by atoms with Crippen LogP contribution in [0.4, 0.5) is 5.13 Å². The van der Waals surface area contributed by atoms with E-state index in [1.807, 2.05) is 19.1 Å². The molecule has 2 aromatic rings. The Morgan fingerprint density at radius 1 is 1.48 bits per heavy atom. The predicted molar refractivity (Wildman–Crippen MR) is 81.4 cm³/mol. The third-order valence-electron chi connectivity index (χ3n) is 2.75. The van der Waals surface area contributed by atoms with E-state index in [-0.39, 0.29) is 4.88 Å². The molecule has 0 unspecified atom stereocenters. The van der Waals surface area contributed by atoms with E-state index in [1.54, 1.807) is 13.0 Å². The van der Waals surface area contributed by atoms with Crippen LogP contribution in [0, 0.1) is 13.8 Å². The number of halogens is 1. The number of anilines is 1. The summed E-state index contributed by atoms with van der Waals surface area (Å²) in [5.74, 6) is -0.432. The topological polar surface area (TPSA) is 74.3 Å². The third kappa shape index (κ3) is 4.09. The number of thiazole rings is 1. The molecule has 7 heteroatoms. The molecule has 2 rings (SSSR count). The number of ether oxygens (including phenoxy) is 1. The standard InChI is InChI=1S/C14H15ClN2O3S/c1-8-7-10(15)3-4-11(8)20-6-5-16-14-17-9(2)12(21-14)13(18)19/h3-4,7H,5-6H2,1-2H3,(H,16,17)(H,18,19)/p-1. The van der Waals surface area contributed by atoms with Gasteiger partial charge in [0.1, 0.15) is 12.4 Å². The molecule has 0 radical (unpaired) electrons. The molecule has 112 valence electrons. The Balaban J connectivity index is 1.84. The molecule has 21 heavy (non-hydrogen) atoms. The van der Waals surface area contributed by atoms with Crippen molar-refractivity contribution in [3.63, 3.8) is 0 Å². The number of aromatic nitrogens is 1. The highest BCUT2D eigenvalue weighted by molar-refractivity contribution is 7.17. The number of carbonyl (C=O) groups is 1. The second kappa shape index (κ2) is 6.78. The number of carboxylic acid groups (broad SMARTS) is 1. The summed E-state index contributed by atoms with van der Waals surface area (Å²) in [6.07, 6.45) is 0. The molecule has 0 saturated carbocycles. The van der Waals surface area contributed by atoms with Gasteiger partial charge >= 0.3 is 0 Å². The Labute approximate surface area is 131 Å². The number of hydrogen-bond acceptors (Lipinski definition) is 6. The highest BCUT2D eigenvalue weighted by atomic mass is 35.5. The lowest BCUT2D eigenvalue weighted by Gasteiger charge is -2.09. The van der Waals surface area contributed by atoms with E-state index >= 15 is 0 Å². The average Bonchev–Trinajstić information content (AvgIpc) is 2.78. The monoisotopic (exact) mass is 325 g/mol. The Morgan fingerprint density at radius 3 is 2.86 bits per heavy atom. The summed E-state index contributed by atoms with van der Waals surface area (Å²) < 4.78 is 5.63. The molecule has 0 saturated heterocycles. The van der Waals surface area contributed by atoms with Crippen molar-refractivity contribution >= 4 is 34.0 Å². The first-order valence-electron chi connectivity index (χ1n) is 6.29. The van der Waals surface area contributed by atoms with Crippen LogP contribution in [-0.2, 0) is 0 Å². The van der Waals surface area contributed by atoms with Crippen LogP contribution in [0.5, 0.6) is 5.75 Å². The maximum absolute atomic E-state index is 10.8. The fraction of sp³-hybridized carbons (Fsp3) is 0.286. The van der Waals surface area contributed by atoms with E-state index in [9.17, 15) is 9.90 Å². The van der Waals surface area contributed by atoms with Gasteiger partial charge in [-0.3, -0.25) is 0 Å². The van der Waals surface area contributed by atoms with Gasteiger partial charge in [0.05, 0.1) is 23.1 Å². The summed E-state index contributed by atoms with van der Waals surface area (Å²) in [4.78, 5) is 15.1. The molecule has 1 aromatic carbocycles. The maximum atomic E-state index is 10.8. The molecule has 0 fully saturated rings. The van der Waals surface area contributed by atoms with Gasteiger partial charge in [-0.1, -0.05) is 22.9 Å². The van der Waals surface area contributed by atoms with Gasteiger partial charge in [-0.15, -0.1) is 0 Å². The van der Waals surface area contributed by atoms with Gasteiger partial charge < -0.3 is 20.0 Å². The first kappa shape index (κ1) is 15.6. The van der Waals surface area contributed by atoms with Crippen molar-refractivity contribution in [2.24, 2.45) is 0 Å². The zero-order valence-corrected chi connectivity index (χ0v) is 13.2. The normalized spacial score (nSPS) is 10.4. The molecule has 0 amide bonds. The van der Waals surface area contributed by atoms with Crippen LogP contribution in [0.3, 0.4) is 0 Å². The van der Waals surface area contributed by atoms with Crippen molar-refractivity contribution in [1.29, 1.82) is 0 Å². The quantitative estimate of drug-likeness (QED) is 0.825. The first-order chi connectivity index (χ1) is 9.97. The SMILES string of the molecule is Cc1cc(Cl)ccc1OCCNc1nc(C)c(C(=O)[O-])s1. The molecule has 0 atom stereocenters. The highest BCUT2D eigenvalue weighted by Gasteiger charge is 2.08. The lowest BCUT2D eigenvalue weighted by molar-refractivity contribution is -0.254. The zero-order chi connectivity index (χ0) is 15.4. The predicted octanol–water partition coefficient (Wildman–Crippen LogP) is 2.27. The Kier molecular flexibility index (Phi) is 5.03. The smallest absolute Gasteiger partial charge is 0.183 e. The number of carboxylic acids is 1. The number of carbonyl (C=O) groups excluding carboxylic acids is 1. The van der Waals surface area contributed by atoms with Gasteiger partial charge in [0, 0.05) is 5.02 Å². The number of nitrogens with one attached hydrogen (secondary N) is 1. The lowest BCUT2D eigenvalue weighted by atomic mass is 10.2. The molecule has 1 N–H and O–H groups in total. The van der Waals surface area contributed by atoms with Crippen molar-refractivity contribution < 1.29 is 14.6 Å². The number of nitrogens with zero attached hydrogens (tertiary/aromatic N) is 1. The van der Waals surface area contributed by atoms with Gasteiger partial charge in [0.15, 0.2) is 5.13 Å². The summed E-state index contributed by atoms with van der Waals surface area (Å²) in [6, 6.07) is 5.42. The van der Waals surface area contributed by atoms with Crippen molar-refractivity contribution in [1.82, 2.24) is 4.98 Å². The van der Waals surface area contributed by atoms with Crippen LogP contribution in [0.1, 0.15) is 20.9 Å². The highest BCUT2D eigenvalue weighted by Crippen LogP contribution is 2.23. The summed E-state index contributed by atoms with van der Waals surface area (Å²) in [5.41, 5.74) is 1.42. The second-order valence-corrected chi connectivity index (χ2v) is 5.84. The molecule has 0 aliphatic heterocycles. The number of benzene rings is 1. The van der Waals surface area contributed by atoms with Gasteiger partial charge in [0.2, 0.25) is 0 Å². The van der Waals surface area contributed by atoms with Crippen molar-refractivity contribution in [3.8, 4) is 5.75 Å². The first-order valence-corrected chi connectivity index (χ1v) is 7.48. The van der Waals surface area contributed by atoms with Crippen molar-refractivity contribution in [3.05, 3.63) is 39.4 Å². The summed E-state index contributed by atoms with van der Waals surface area (Å²) in [7, 11) is 0. The molecular formula is C14H14ClN2O3S-. The van der Waals surface area contributed by atoms with Gasteiger partial charge in [-0.05, 0) is 37.6 Å². The molecule has 0 aliphatic carbocycles. The average molecular weight is 326 g/mol. The fourth-order valence-electron chi connectivity index (χ4n) is 1.76. The number of aromatic carboxylic acids is 1. The summed E-state index contributed by atoms with van der Waals surface area (Å²) in [6.45, 7) is 4.51. The maximum Gasteiger partial charge on any atom is 0.183 e. The van der Waals surface area contributed by atoms with Crippen molar-refractivity contribution in [2.75, 3.05) is 18.5 Å². The number of rotatable bonds is 6. The van der Waals surface area contributed by atoms with Crippen LogP contribution in [0.2, 0.25) is 5.02 Å². The second-order valence-electron chi connectivity index (χ2n) is 4.41. The minimum Gasteiger partial charge on any atom is -0.544 e. The van der Waals surface area contributed by atoms with E-state index in [0.717, 1.165) is 22.6 Å². The fourth-order valence-corrected chi connectivity index (χ4v) is 2.81. The van der Waals surface area contributed by atoms with Crippen LogP contribution in [0.25, 0.3) is 0 Å². The van der Waals surface area contributed by atoms with Crippen molar-refractivity contribution in [2.45, 2.75) is 13.8 Å². The summed E-state index contributed by atoms with van der Waals surface area (Å²) >= 11 is 6.93. The molecular weight excluding hydrogens is 312 g/mol.